The molecule has 0 amide bonds. The predicted molar refractivity (Wildman–Crippen MR) is 139 cm³/mol. The van der Waals surface area contributed by atoms with Crippen molar-refractivity contribution >= 4 is 5.78 Å². The van der Waals surface area contributed by atoms with Gasteiger partial charge in [0.15, 0.2) is 5.78 Å². The van der Waals surface area contributed by atoms with E-state index in [2.05, 4.69) is 55.0 Å². The lowest BCUT2D eigenvalue weighted by atomic mass is 9.43. The van der Waals surface area contributed by atoms with Gasteiger partial charge in [0.2, 0.25) is 0 Å². The molecule has 7 atom stereocenters. The Kier molecular flexibility index (Phi) is 6.18. The second kappa shape index (κ2) is 8.04. The number of allylic oxidation sites excluding steroid dienone is 3. The Morgan fingerprint density at radius 3 is 2.38 bits per heavy atom. The number of ketones is 1. The Morgan fingerprint density at radius 1 is 1.12 bits per heavy atom. The maximum Gasteiger partial charge on any atom is 0.159 e. The minimum Gasteiger partial charge on any atom is -0.393 e. The summed E-state index contributed by atoms with van der Waals surface area (Å²) in [6, 6.07) is 0. The summed E-state index contributed by atoms with van der Waals surface area (Å²) in [7, 11) is 0. The van der Waals surface area contributed by atoms with Crippen LogP contribution < -0.4 is 0 Å². The first kappa shape index (κ1) is 26.1. The minimum absolute atomic E-state index is 0.00801. The van der Waals surface area contributed by atoms with Crippen molar-refractivity contribution in [1.29, 1.82) is 0 Å². The first-order chi connectivity index (χ1) is 15.5. The third kappa shape index (κ3) is 3.46. The first-order valence-corrected chi connectivity index (χ1v) is 13.9. The number of fused-ring (bicyclic) bond motifs is 4. The van der Waals surface area contributed by atoms with Crippen molar-refractivity contribution in [2.45, 2.75) is 125 Å². The number of Topliss-reactive ketones (excluding diaryl/α,β-unsaturated/α-hetero) is 1. The van der Waals surface area contributed by atoms with Crippen LogP contribution in [0.1, 0.15) is 113 Å². The molecule has 2 N–H and O–H groups in total. The van der Waals surface area contributed by atoms with Crippen molar-refractivity contribution in [3.63, 3.8) is 0 Å². The standard InChI is InChI=1S/C31H50O3/c1-19(2)20(3)10-17-31(9,34)23-12-16-30(8)26-21(11-15-29(23,30)7)28(6)14-13-25(33)27(4,5)24(28)18-22(26)32/h19,23-25,33-34H,3,10-18H2,1-2,4-9H3/t23-,24-,25-,28+,29+,30-,31-/m0/s1. The number of hydrogen-bond donors (Lipinski definition) is 2. The molecule has 0 heterocycles. The Labute approximate surface area is 208 Å². The summed E-state index contributed by atoms with van der Waals surface area (Å²) in [4.78, 5) is 13.9. The molecule has 0 aromatic rings. The molecular weight excluding hydrogens is 420 g/mol. The van der Waals surface area contributed by atoms with Gasteiger partial charge in [-0.1, -0.05) is 66.2 Å². The molecule has 0 radical (unpaired) electrons. The van der Waals surface area contributed by atoms with Crippen LogP contribution in [-0.2, 0) is 4.79 Å². The maximum absolute atomic E-state index is 13.9. The number of aliphatic hydroxyl groups excluding tert-OH is 1. The third-order valence-electron chi connectivity index (χ3n) is 12.1. The second-order valence-corrected chi connectivity index (χ2v) is 14.3. The van der Waals surface area contributed by atoms with Gasteiger partial charge in [0.25, 0.3) is 0 Å². The number of carbonyl (C=O) groups excluding carboxylic acids is 1. The molecule has 34 heavy (non-hydrogen) atoms. The van der Waals surface area contributed by atoms with E-state index in [1.165, 1.54) is 11.1 Å². The van der Waals surface area contributed by atoms with Crippen molar-refractivity contribution in [3.05, 3.63) is 23.3 Å². The quantitative estimate of drug-likeness (QED) is 0.425. The average Bonchev–Trinajstić information content (AvgIpc) is 3.03. The molecule has 3 heteroatoms. The molecule has 3 nitrogen and oxygen atoms in total. The SMILES string of the molecule is C=C(CC[C@](C)(O)[C@H]1CC[C@@]2(C)C3=C(CC[C@]12C)[C@@]1(C)CC[C@H](O)C(C)(C)[C@@H]1CC3=O)C(C)C. The van der Waals surface area contributed by atoms with E-state index >= 15 is 0 Å². The van der Waals surface area contributed by atoms with E-state index in [0.717, 1.165) is 56.9 Å². The highest BCUT2D eigenvalue weighted by molar-refractivity contribution is 5.99. The van der Waals surface area contributed by atoms with Crippen LogP contribution >= 0.6 is 0 Å². The summed E-state index contributed by atoms with van der Waals surface area (Å²) < 4.78 is 0. The molecule has 0 saturated heterocycles. The highest BCUT2D eigenvalue weighted by Gasteiger charge is 2.66. The Hall–Kier alpha value is -0.930. The van der Waals surface area contributed by atoms with Crippen molar-refractivity contribution in [1.82, 2.24) is 0 Å². The van der Waals surface area contributed by atoms with Gasteiger partial charge in [-0.3, -0.25) is 4.79 Å². The fourth-order valence-electron chi connectivity index (χ4n) is 9.22. The smallest absolute Gasteiger partial charge is 0.159 e. The summed E-state index contributed by atoms with van der Waals surface area (Å²) in [5.74, 6) is 1.14. The van der Waals surface area contributed by atoms with Crippen LogP contribution in [0.3, 0.4) is 0 Å². The zero-order valence-electron chi connectivity index (χ0n) is 23.2. The molecule has 0 spiro atoms. The molecular formula is C31H50O3. The number of carbonyl (C=O) groups is 1. The van der Waals surface area contributed by atoms with E-state index in [0.29, 0.717) is 18.1 Å². The van der Waals surface area contributed by atoms with Gasteiger partial charge in [-0.05, 0) is 92.3 Å². The van der Waals surface area contributed by atoms with E-state index in [1.807, 2.05) is 6.92 Å². The highest BCUT2D eigenvalue weighted by Crippen LogP contribution is 2.72. The van der Waals surface area contributed by atoms with Gasteiger partial charge in [-0.15, -0.1) is 0 Å². The fraction of sp³-hybridized carbons (Fsp3) is 0.839. The summed E-state index contributed by atoms with van der Waals surface area (Å²) in [6.45, 7) is 22.1. The molecule has 4 rings (SSSR count). The summed E-state index contributed by atoms with van der Waals surface area (Å²) in [5.41, 5.74) is 2.45. The van der Waals surface area contributed by atoms with Gasteiger partial charge in [-0.25, -0.2) is 0 Å². The molecule has 0 aromatic carbocycles. The predicted octanol–water partition coefficient (Wildman–Crippen LogP) is 7.02. The van der Waals surface area contributed by atoms with Crippen LogP contribution in [0.25, 0.3) is 0 Å². The summed E-state index contributed by atoms with van der Waals surface area (Å²) in [5, 5.41) is 22.6. The molecule has 0 bridgehead atoms. The lowest BCUT2D eigenvalue weighted by molar-refractivity contribution is -0.136. The monoisotopic (exact) mass is 470 g/mol. The van der Waals surface area contributed by atoms with E-state index in [9.17, 15) is 15.0 Å². The van der Waals surface area contributed by atoms with Crippen LogP contribution in [0.15, 0.2) is 23.3 Å². The van der Waals surface area contributed by atoms with E-state index < -0.39 is 5.60 Å². The minimum atomic E-state index is -0.760. The lowest BCUT2D eigenvalue weighted by Gasteiger charge is -2.61. The van der Waals surface area contributed by atoms with Crippen LogP contribution in [-0.4, -0.2) is 27.7 Å². The van der Waals surface area contributed by atoms with Gasteiger partial charge in [0, 0.05) is 17.4 Å². The normalized spacial score (nSPS) is 43.3. The molecule has 0 aliphatic heterocycles. The van der Waals surface area contributed by atoms with Gasteiger partial charge in [0.05, 0.1) is 11.7 Å². The molecule has 0 aromatic heterocycles. The molecule has 2 fully saturated rings. The highest BCUT2D eigenvalue weighted by atomic mass is 16.3. The van der Waals surface area contributed by atoms with Crippen molar-refractivity contribution < 1.29 is 15.0 Å². The molecule has 192 valence electrons. The Balaban J connectivity index is 1.71. The van der Waals surface area contributed by atoms with Crippen LogP contribution in [0.2, 0.25) is 0 Å². The zero-order chi connectivity index (χ0) is 25.5. The van der Waals surface area contributed by atoms with Crippen molar-refractivity contribution in [2.24, 2.45) is 39.4 Å². The maximum atomic E-state index is 13.9. The summed E-state index contributed by atoms with van der Waals surface area (Å²) >= 11 is 0. The van der Waals surface area contributed by atoms with E-state index in [1.54, 1.807) is 0 Å². The average molecular weight is 471 g/mol. The lowest BCUT2D eigenvalue weighted by Crippen LogP contribution is -2.57. The first-order valence-electron chi connectivity index (χ1n) is 13.9. The van der Waals surface area contributed by atoms with Crippen LogP contribution in [0, 0.1) is 39.4 Å². The summed E-state index contributed by atoms with van der Waals surface area (Å²) in [6.07, 6.45) is 7.55. The zero-order valence-corrected chi connectivity index (χ0v) is 23.2. The van der Waals surface area contributed by atoms with Crippen LogP contribution in [0.4, 0.5) is 0 Å². The topological polar surface area (TPSA) is 57.5 Å². The largest absolute Gasteiger partial charge is 0.393 e. The van der Waals surface area contributed by atoms with Gasteiger partial charge in [-0.2, -0.15) is 0 Å². The Bertz CT molecular complexity index is 908. The van der Waals surface area contributed by atoms with E-state index in [-0.39, 0.29) is 39.6 Å². The number of aliphatic hydroxyl groups is 2. The molecule has 2 saturated carbocycles. The van der Waals surface area contributed by atoms with Crippen molar-refractivity contribution in [3.8, 4) is 0 Å². The third-order valence-corrected chi connectivity index (χ3v) is 12.1. The van der Waals surface area contributed by atoms with Gasteiger partial charge < -0.3 is 10.2 Å². The molecule has 0 unspecified atom stereocenters. The fourth-order valence-corrected chi connectivity index (χ4v) is 9.22. The van der Waals surface area contributed by atoms with Crippen molar-refractivity contribution in [2.75, 3.05) is 0 Å². The van der Waals surface area contributed by atoms with Gasteiger partial charge in [0.1, 0.15) is 0 Å². The second-order valence-electron chi connectivity index (χ2n) is 14.3. The van der Waals surface area contributed by atoms with E-state index in [4.69, 9.17) is 0 Å². The number of rotatable bonds is 5. The molecule has 4 aliphatic rings. The Morgan fingerprint density at radius 2 is 1.76 bits per heavy atom. The van der Waals surface area contributed by atoms with Crippen LogP contribution in [0.5, 0.6) is 0 Å². The van der Waals surface area contributed by atoms with Gasteiger partial charge >= 0.3 is 0 Å². The molecule has 4 aliphatic carbocycles. The number of hydrogen-bond acceptors (Lipinski definition) is 3.